The Kier molecular flexibility index (Phi) is 9.87. The third-order valence-corrected chi connectivity index (χ3v) is 8.54. The van der Waals surface area contributed by atoms with E-state index in [0.29, 0.717) is 49.2 Å². The van der Waals surface area contributed by atoms with Crippen LogP contribution in [-0.4, -0.2) is 73.8 Å². The number of carbonyl (C=O) groups is 3. The molecule has 1 fully saturated rings. The second-order valence-electron chi connectivity index (χ2n) is 11.8. The summed E-state index contributed by atoms with van der Waals surface area (Å²) in [5.74, 6) is -0.00346. The Labute approximate surface area is 254 Å². The number of aliphatic imine (C=N–C) groups is 1. The smallest absolute Gasteiger partial charge is 0.251 e. The van der Waals surface area contributed by atoms with Crippen LogP contribution in [0.25, 0.3) is 0 Å². The number of nitrogens with two attached hydrogens (primary N) is 1. The summed E-state index contributed by atoms with van der Waals surface area (Å²) >= 11 is 0. The number of nitrogens with one attached hydrogen (secondary N) is 3. The molecule has 4 rings (SSSR count). The molecular weight excluding hydrogens is 542 g/mol. The first-order valence-corrected chi connectivity index (χ1v) is 15.0. The monoisotopic (exact) mass is 585 g/mol. The lowest BCUT2D eigenvalue weighted by molar-refractivity contribution is -0.130. The van der Waals surface area contributed by atoms with Crippen molar-refractivity contribution in [3.05, 3.63) is 69.8 Å². The average molecular weight is 586 g/mol. The summed E-state index contributed by atoms with van der Waals surface area (Å²) in [7, 11) is 3.22. The number of amidine groups is 1. The van der Waals surface area contributed by atoms with Crippen molar-refractivity contribution in [1.82, 2.24) is 20.9 Å². The molecule has 0 radical (unpaired) electrons. The molecule has 0 spiro atoms. The van der Waals surface area contributed by atoms with E-state index in [2.05, 4.69) is 22.0 Å². The van der Waals surface area contributed by atoms with E-state index in [-0.39, 0.29) is 42.4 Å². The zero-order valence-corrected chi connectivity index (χ0v) is 25.8. The third kappa shape index (κ3) is 6.42. The highest BCUT2D eigenvalue weighted by Gasteiger charge is 2.44. The number of likely N-dealkylation sites (tertiary alicyclic amines) is 1. The molecular formula is C33H43N7O3. The van der Waals surface area contributed by atoms with Crippen molar-refractivity contribution < 1.29 is 14.4 Å². The minimum Gasteiger partial charge on any atom is -0.386 e. The van der Waals surface area contributed by atoms with Gasteiger partial charge < -0.3 is 26.6 Å². The first-order chi connectivity index (χ1) is 20.5. The summed E-state index contributed by atoms with van der Waals surface area (Å²) < 4.78 is 0. The van der Waals surface area contributed by atoms with Crippen molar-refractivity contribution in [2.45, 2.75) is 76.4 Å². The molecule has 2 aliphatic rings. The zero-order valence-electron chi connectivity index (χ0n) is 25.8. The molecule has 1 aliphatic carbocycles. The molecule has 228 valence electrons. The highest BCUT2D eigenvalue weighted by Crippen LogP contribution is 2.44. The number of hydrogen-bond acceptors (Lipinski definition) is 6. The van der Waals surface area contributed by atoms with Crippen molar-refractivity contribution in [1.29, 1.82) is 5.26 Å². The number of benzene rings is 2. The van der Waals surface area contributed by atoms with Crippen molar-refractivity contribution in [3.63, 3.8) is 0 Å². The normalized spacial score (nSPS) is 18.2. The minimum atomic E-state index is -0.897. The van der Waals surface area contributed by atoms with Crippen LogP contribution in [0.15, 0.2) is 41.4 Å². The Balaban J connectivity index is 1.84. The Morgan fingerprint density at radius 1 is 1.02 bits per heavy atom. The molecule has 1 saturated heterocycles. The quantitative estimate of drug-likeness (QED) is 0.262. The van der Waals surface area contributed by atoms with Gasteiger partial charge in [-0.2, -0.15) is 5.26 Å². The molecule has 0 aromatic heterocycles. The molecule has 10 heteroatoms. The Hall–Kier alpha value is -4.23. The van der Waals surface area contributed by atoms with Gasteiger partial charge in [-0.15, -0.1) is 0 Å². The van der Waals surface area contributed by atoms with Crippen LogP contribution in [0.5, 0.6) is 0 Å². The number of rotatable bonds is 9. The van der Waals surface area contributed by atoms with Gasteiger partial charge in [-0.05, 0) is 99.4 Å². The summed E-state index contributed by atoms with van der Waals surface area (Å²) in [4.78, 5) is 44.8. The molecule has 10 nitrogen and oxygen atoms in total. The third-order valence-electron chi connectivity index (χ3n) is 8.54. The summed E-state index contributed by atoms with van der Waals surface area (Å²) in [6.45, 7) is 6.66. The number of fused-ring (bicyclic) bond motifs is 2. The molecule has 2 aromatic rings. The van der Waals surface area contributed by atoms with E-state index in [0.717, 1.165) is 28.7 Å². The fraction of sp³-hybridized carbons (Fsp3) is 0.485. The molecule has 0 bridgehead atoms. The summed E-state index contributed by atoms with van der Waals surface area (Å²) in [6, 6.07) is 13.0. The lowest BCUT2D eigenvalue weighted by Crippen LogP contribution is -2.49. The van der Waals surface area contributed by atoms with Gasteiger partial charge in [0.05, 0.1) is 18.0 Å². The molecule has 43 heavy (non-hydrogen) atoms. The van der Waals surface area contributed by atoms with E-state index in [4.69, 9.17) is 10.7 Å². The van der Waals surface area contributed by atoms with Gasteiger partial charge in [0.2, 0.25) is 5.91 Å². The molecule has 1 unspecified atom stereocenters. The Morgan fingerprint density at radius 2 is 1.58 bits per heavy atom. The molecule has 1 aliphatic heterocycles. The fourth-order valence-electron chi connectivity index (χ4n) is 6.50. The van der Waals surface area contributed by atoms with Crippen molar-refractivity contribution in [2.75, 3.05) is 27.2 Å². The van der Waals surface area contributed by atoms with Crippen LogP contribution in [0.2, 0.25) is 0 Å². The van der Waals surface area contributed by atoms with Crippen LogP contribution in [0, 0.1) is 11.3 Å². The number of amides is 3. The largest absolute Gasteiger partial charge is 0.386 e. The molecule has 2 aromatic carbocycles. The molecule has 3 amide bonds. The number of hydrogen-bond donors (Lipinski definition) is 4. The van der Waals surface area contributed by atoms with Gasteiger partial charge >= 0.3 is 0 Å². The number of aryl methyl sites for hydroxylation is 2. The predicted octanol–water partition coefficient (Wildman–Crippen LogP) is 2.44. The maximum absolute atomic E-state index is 13.1. The highest BCUT2D eigenvalue weighted by atomic mass is 16.2. The van der Waals surface area contributed by atoms with Crippen molar-refractivity contribution >= 4 is 23.6 Å². The SMILES string of the molecule is CNC(=O)c1ccc2c(c1)CCc1cc(C(=O)NC)ccc1C2(C[C@H](C)NCC(=O)N1CCCC1C#N)C(N)=NC(C)C. The average Bonchev–Trinajstić information content (AvgIpc) is 3.44. The van der Waals surface area contributed by atoms with Gasteiger partial charge in [-0.1, -0.05) is 12.1 Å². The number of nitriles is 1. The minimum absolute atomic E-state index is 0.0785. The molecule has 2 atom stereocenters. The van der Waals surface area contributed by atoms with E-state index in [1.807, 2.05) is 57.2 Å². The van der Waals surface area contributed by atoms with Crippen LogP contribution >= 0.6 is 0 Å². The molecule has 0 saturated carbocycles. The topological polar surface area (TPSA) is 153 Å². The van der Waals surface area contributed by atoms with Crippen LogP contribution in [0.3, 0.4) is 0 Å². The fourth-order valence-corrected chi connectivity index (χ4v) is 6.50. The van der Waals surface area contributed by atoms with E-state index in [1.165, 1.54) is 0 Å². The first-order valence-electron chi connectivity index (χ1n) is 15.0. The van der Waals surface area contributed by atoms with Gasteiger partial charge in [0.15, 0.2) is 0 Å². The second kappa shape index (κ2) is 13.4. The maximum atomic E-state index is 13.1. The Bertz CT molecular complexity index is 1390. The summed E-state index contributed by atoms with van der Waals surface area (Å²) in [5.41, 5.74) is 11.1. The van der Waals surface area contributed by atoms with Gasteiger partial charge in [-0.3, -0.25) is 19.4 Å². The predicted molar refractivity (Wildman–Crippen MR) is 167 cm³/mol. The van der Waals surface area contributed by atoms with Crippen LogP contribution in [0.4, 0.5) is 0 Å². The molecule has 5 N–H and O–H groups in total. The van der Waals surface area contributed by atoms with E-state index < -0.39 is 5.41 Å². The van der Waals surface area contributed by atoms with Gasteiger partial charge in [0, 0.05) is 43.9 Å². The van der Waals surface area contributed by atoms with Crippen LogP contribution in [-0.2, 0) is 23.1 Å². The van der Waals surface area contributed by atoms with Crippen LogP contribution in [0.1, 0.15) is 83.0 Å². The second-order valence-corrected chi connectivity index (χ2v) is 11.8. The lowest BCUT2D eigenvalue weighted by atomic mass is 9.67. The first kappa shape index (κ1) is 31.7. The summed E-state index contributed by atoms with van der Waals surface area (Å²) in [6.07, 6.45) is 3.29. The van der Waals surface area contributed by atoms with Crippen LogP contribution < -0.4 is 21.7 Å². The maximum Gasteiger partial charge on any atom is 0.251 e. The number of carbonyl (C=O) groups excluding carboxylic acids is 3. The molecule has 1 heterocycles. The van der Waals surface area contributed by atoms with Crippen molar-refractivity contribution in [2.24, 2.45) is 10.7 Å². The van der Waals surface area contributed by atoms with Gasteiger partial charge in [0.1, 0.15) is 11.9 Å². The number of nitrogens with zero attached hydrogens (tertiary/aromatic N) is 3. The van der Waals surface area contributed by atoms with E-state index >= 15 is 0 Å². The van der Waals surface area contributed by atoms with E-state index in [1.54, 1.807) is 19.0 Å². The van der Waals surface area contributed by atoms with E-state index in [9.17, 15) is 19.6 Å². The van der Waals surface area contributed by atoms with Gasteiger partial charge in [-0.25, -0.2) is 0 Å². The van der Waals surface area contributed by atoms with Crippen molar-refractivity contribution in [3.8, 4) is 6.07 Å². The van der Waals surface area contributed by atoms with Gasteiger partial charge in [0.25, 0.3) is 11.8 Å². The lowest BCUT2D eigenvalue weighted by Gasteiger charge is -2.39. The standard InChI is InChI=1S/C33H43N7O3/c1-20(2)39-32(35)33(17-21(3)38-19-29(41)40-14-6-7-26(40)18-34)27-12-10-24(30(42)36-4)15-22(27)8-9-23-16-25(31(43)37-5)11-13-28(23)33/h10-13,15-16,20-21,26,38H,6-9,14,17,19H2,1-5H3,(H2,35,39)(H,36,42)(H,37,43)/t21-,26?/m0/s1. The highest BCUT2D eigenvalue weighted by molar-refractivity contribution is 5.99. The Morgan fingerprint density at radius 3 is 2.07 bits per heavy atom. The summed E-state index contributed by atoms with van der Waals surface area (Å²) in [5, 5.41) is 18.3. The zero-order chi connectivity index (χ0) is 31.3.